The van der Waals surface area contributed by atoms with Gasteiger partial charge in [-0.1, -0.05) is 0 Å². The highest BCUT2D eigenvalue weighted by atomic mass is 79.9. The Morgan fingerprint density at radius 3 is 2.65 bits per heavy atom. The van der Waals surface area contributed by atoms with Gasteiger partial charge in [0.1, 0.15) is 17.7 Å². The average Bonchev–Trinajstić information content (AvgIpc) is 3.20. The molecule has 26 heavy (non-hydrogen) atoms. The molecule has 0 spiro atoms. The summed E-state index contributed by atoms with van der Waals surface area (Å²) in [6.07, 6.45) is 5.00. The van der Waals surface area contributed by atoms with E-state index >= 15 is 0 Å². The van der Waals surface area contributed by atoms with Gasteiger partial charge >= 0.3 is 0 Å². The van der Waals surface area contributed by atoms with Crippen molar-refractivity contribution in [3.05, 3.63) is 40.9 Å². The Balaban J connectivity index is 1.37. The Morgan fingerprint density at radius 2 is 1.96 bits per heavy atom. The molecule has 4 rings (SSSR count). The molecule has 2 aromatic heterocycles. The third-order valence-corrected chi connectivity index (χ3v) is 4.81. The van der Waals surface area contributed by atoms with Gasteiger partial charge in [-0.3, -0.25) is 0 Å². The standard InChI is InChI=1S/C16H15BrFN7O/c17-13-2-1-11(18)7-14(13)26-12-3-5-25(6-4-12)16-19-8-10(9-20-16)15-21-23-24-22-15/h1-2,7-9,12H,3-6H2,(H,21,22,23,24). The Kier molecular flexibility index (Phi) is 4.74. The predicted octanol–water partition coefficient (Wildman–Crippen LogP) is 2.61. The zero-order chi connectivity index (χ0) is 17.9. The van der Waals surface area contributed by atoms with Gasteiger partial charge in [0, 0.05) is 44.4 Å². The molecule has 1 aromatic carbocycles. The lowest BCUT2D eigenvalue weighted by atomic mass is 10.1. The van der Waals surface area contributed by atoms with Gasteiger partial charge in [-0.2, -0.15) is 5.21 Å². The molecule has 1 saturated heterocycles. The lowest BCUT2D eigenvalue weighted by Crippen LogP contribution is -2.39. The highest BCUT2D eigenvalue weighted by molar-refractivity contribution is 9.10. The lowest BCUT2D eigenvalue weighted by Gasteiger charge is -2.32. The van der Waals surface area contributed by atoms with Crippen LogP contribution in [0, 0.1) is 5.82 Å². The fourth-order valence-corrected chi connectivity index (χ4v) is 3.14. The van der Waals surface area contributed by atoms with Crippen LogP contribution in [0.3, 0.4) is 0 Å². The Labute approximate surface area is 156 Å². The van der Waals surface area contributed by atoms with Crippen LogP contribution in [0.15, 0.2) is 35.1 Å². The Morgan fingerprint density at radius 1 is 1.19 bits per heavy atom. The smallest absolute Gasteiger partial charge is 0.225 e. The van der Waals surface area contributed by atoms with E-state index in [1.165, 1.54) is 12.1 Å². The SMILES string of the molecule is Fc1ccc(Br)c(OC2CCN(c3ncc(-c4nn[nH]n4)cn3)CC2)c1. The zero-order valence-corrected chi connectivity index (χ0v) is 15.2. The van der Waals surface area contributed by atoms with Gasteiger partial charge in [-0.25, -0.2) is 14.4 Å². The highest BCUT2D eigenvalue weighted by Gasteiger charge is 2.23. The third-order valence-electron chi connectivity index (χ3n) is 4.15. The molecule has 3 heterocycles. The monoisotopic (exact) mass is 419 g/mol. The number of H-pyrrole nitrogens is 1. The van der Waals surface area contributed by atoms with E-state index in [0.717, 1.165) is 30.4 Å². The van der Waals surface area contributed by atoms with Crippen LogP contribution in [0.2, 0.25) is 0 Å². The van der Waals surface area contributed by atoms with Gasteiger partial charge < -0.3 is 9.64 Å². The molecule has 1 aliphatic heterocycles. The molecule has 1 fully saturated rings. The van der Waals surface area contributed by atoms with Crippen molar-refractivity contribution < 1.29 is 9.13 Å². The number of aromatic amines is 1. The second-order valence-electron chi connectivity index (χ2n) is 5.89. The van der Waals surface area contributed by atoms with Crippen LogP contribution in [0.4, 0.5) is 10.3 Å². The number of tetrazole rings is 1. The summed E-state index contributed by atoms with van der Waals surface area (Å²) in [6, 6.07) is 4.45. The number of piperidine rings is 1. The molecule has 0 aliphatic carbocycles. The molecule has 3 aromatic rings. The third kappa shape index (κ3) is 3.64. The van der Waals surface area contributed by atoms with Crippen molar-refractivity contribution in [2.75, 3.05) is 18.0 Å². The van der Waals surface area contributed by atoms with Gasteiger partial charge in [-0.05, 0) is 33.3 Å². The summed E-state index contributed by atoms with van der Waals surface area (Å²) in [5.74, 6) is 1.34. The molecule has 0 unspecified atom stereocenters. The molecule has 0 saturated carbocycles. The van der Waals surface area contributed by atoms with Crippen molar-refractivity contribution in [1.82, 2.24) is 30.6 Å². The molecular weight excluding hydrogens is 405 g/mol. The topological polar surface area (TPSA) is 92.7 Å². The summed E-state index contributed by atoms with van der Waals surface area (Å²) in [5, 5.41) is 13.7. The minimum atomic E-state index is -0.310. The average molecular weight is 420 g/mol. The van der Waals surface area contributed by atoms with Gasteiger partial charge in [0.25, 0.3) is 0 Å². The molecule has 10 heteroatoms. The number of halogens is 2. The van der Waals surface area contributed by atoms with E-state index < -0.39 is 0 Å². The van der Waals surface area contributed by atoms with Crippen molar-refractivity contribution in [3.8, 4) is 17.1 Å². The van der Waals surface area contributed by atoms with E-state index in [9.17, 15) is 4.39 Å². The number of hydrogen-bond acceptors (Lipinski definition) is 7. The molecule has 1 aliphatic rings. The predicted molar refractivity (Wildman–Crippen MR) is 95.2 cm³/mol. The number of nitrogens with one attached hydrogen (secondary N) is 1. The maximum absolute atomic E-state index is 13.4. The first-order chi connectivity index (χ1) is 12.7. The highest BCUT2D eigenvalue weighted by Crippen LogP contribution is 2.29. The van der Waals surface area contributed by atoms with Crippen molar-refractivity contribution in [3.63, 3.8) is 0 Å². The first-order valence-corrected chi connectivity index (χ1v) is 8.91. The van der Waals surface area contributed by atoms with Crippen molar-refractivity contribution in [1.29, 1.82) is 0 Å². The molecule has 1 N–H and O–H groups in total. The van der Waals surface area contributed by atoms with Crippen molar-refractivity contribution >= 4 is 21.9 Å². The van der Waals surface area contributed by atoms with Crippen molar-refractivity contribution in [2.45, 2.75) is 18.9 Å². The maximum atomic E-state index is 13.4. The second-order valence-corrected chi connectivity index (χ2v) is 6.74. The van der Waals surface area contributed by atoms with Crippen LogP contribution in [-0.4, -0.2) is 49.8 Å². The minimum absolute atomic E-state index is 0.0305. The van der Waals surface area contributed by atoms with E-state index in [4.69, 9.17) is 4.74 Å². The first kappa shape index (κ1) is 16.8. The fourth-order valence-electron chi connectivity index (χ4n) is 2.80. The molecule has 8 nitrogen and oxygen atoms in total. The summed E-state index contributed by atoms with van der Waals surface area (Å²) in [4.78, 5) is 10.9. The Hall–Kier alpha value is -2.62. The summed E-state index contributed by atoms with van der Waals surface area (Å²) >= 11 is 3.39. The summed E-state index contributed by atoms with van der Waals surface area (Å²) in [5.41, 5.74) is 0.705. The second kappa shape index (κ2) is 7.32. The maximum Gasteiger partial charge on any atom is 0.225 e. The van der Waals surface area contributed by atoms with Crippen molar-refractivity contribution in [2.24, 2.45) is 0 Å². The number of anilines is 1. The van der Waals surface area contributed by atoms with Crippen LogP contribution in [0.5, 0.6) is 5.75 Å². The molecule has 134 valence electrons. The van der Waals surface area contributed by atoms with Crippen LogP contribution in [-0.2, 0) is 0 Å². The number of benzene rings is 1. The van der Waals surface area contributed by atoms with Gasteiger partial charge in [0.2, 0.25) is 11.8 Å². The summed E-state index contributed by atoms with van der Waals surface area (Å²) in [7, 11) is 0. The molecular formula is C16H15BrFN7O. The van der Waals surface area contributed by atoms with Crippen LogP contribution >= 0.6 is 15.9 Å². The van der Waals surface area contributed by atoms with Crippen LogP contribution < -0.4 is 9.64 Å². The quantitative estimate of drug-likeness (QED) is 0.694. The molecule has 0 amide bonds. The largest absolute Gasteiger partial charge is 0.489 e. The number of rotatable bonds is 4. The van der Waals surface area contributed by atoms with Crippen LogP contribution in [0.25, 0.3) is 11.4 Å². The van der Waals surface area contributed by atoms with E-state index in [1.54, 1.807) is 18.5 Å². The molecule has 0 radical (unpaired) electrons. The van der Waals surface area contributed by atoms with E-state index in [-0.39, 0.29) is 11.9 Å². The fraction of sp³-hybridized carbons (Fsp3) is 0.312. The van der Waals surface area contributed by atoms with E-state index in [0.29, 0.717) is 23.1 Å². The van der Waals surface area contributed by atoms with Gasteiger partial charge in [0.05, 0.1) is 10.0 Å². The number of ether oxygens (including phenoxy) is 1. The van der Waals surface area contributed by atoms with E-state index in [2.05, 4.69) is 51.4 Å². The first-order valence-electron chi connectivity index (χ1n) is 8.11. The zero-order valence-electron chi connectivity index (χ0n) is 13.6. The summed E-state index contributed by atoms with van der Waals surface area (Å²) < 4.78 is 20.1. The van der Waals surface area contributed by atoms with Gasteiger partial charge in [0.15, 0.2) is 0 Å². The number of nitrogens with zero attached hydrogens (tertiary/aromatic N) is 6. The number of hydrogen-bond donors (Lipinski definition) is 1. The Bertz CT molecular complexity index is 867. The minimum Gasteiger partial charge on any atom is -0.489 e. The summed E-state index contributed by atoms with van der Waals surface area (Å²) in [6.45, 7) is 1.53. The normalized spacial score (nSPS) is 15.2. The van der Waals surface area contributed by atoms with E-state index in [1.807, 2.05) is 0 Å². The van der Waals surface area contributed by atoms with Crippen LogP contribution in [0.1, 0.15) is 12.8 Å². The molecule has 0 atom stereocenters. The number of aromatic nitrogens is 6. The van der Waals surface area contributed by atoms with Gasteiger partial charge in [-0.15, -0.1) is 10.2 Å². The molecule has 0 bridgehead atoms. The lowest BCUT2D eigenvalue weighted by molar-refractivity contribution is 0.168.